The molecule has 1 aliphatic heterocycles. The molecule has 2 heterocycles. The maximum atomic E-state index is 6.48. The molecule has 5 heteroatoms. The molecule has 5 nitrogen and oxygen atoms in total. The first-order valence-electron chi connectivity index (χ1n) is 6.56. The highest BCUT2D eigenvalue weighted by molar-refractivity contribution is 5.10. The molecule has 0 amide bonds. The molecule has 18 heavy (non-hydrogen) atoms. The number of hydrogen-bond acceptors (Lipinski definition) is 5. The molecule has 2 N–H and O–H groups in total. The molecule has 2 atom stereocenters. The highest BCUT2D eigenvalue weighted by Crippen LogP contribution is 2.32. The van der Waals surface area contributed by atoms with Crippen LogP contribution in [0.1, 0.15) is 52.3 Å². The molecule has 2 unspecified atom stereocenters. The van der Waals surface area contributed by atoms with Gasteiger partial charge in [0.15, 0.2) is 5.82 Å². The topological polar surface area (TPSA) is 68.2 Å². The second-order valence-electron chi connectivity index (χ2n) is 6.61. The minimum atomic E-state index is -0.446. The van der Waals surface area contributed by atoms with Gasteiger partial charge in [0.05, 0.1) is 5.54 Å². The van der Waals surface area contributed by atoms with Crippen molar-refractivity contribution in [3.8, 4) is 0 Å². The van der Waals surface area contributed by atoms with E-state index in [1.54, 1.807) is 0 Å². The van der Waals surface area contributed by atoms with Crippen molar-refractivity contribution in [2.45, 2.75) is 57.5 Å². The van der Waals surface area contributed by atoms with E-state index in [-0.39, 0.29) is 5.41 Å². The first kappa shape index (κ1) is 13.5. The van der Waals surface area contributed by atoms with Crippen LogP contribution in [0.5, 0.6) is 0 Å². The van der Waals surface area contributed by atoms with Gasteiger partial charge in [0, 0.05) is 18.0 Å². The highest BCUT2D eigenvalue weighted by Gasteiger charge is 2.39. The van der Waals surface area contributed by atoms with Gasteiger partial charge < -0.3 is 15.2 Å². The molecule has 0 saturated carbocycles. The zero-order valence-corrected chi connectivity index (χ0v) is 12.0. The predicted octanol–water partition coefficient (Wildman–Crippen LogP) is 1.64. The van der Waals surface area contributed by atoms with Gasteiger partial charge in [0.1, 0.15) is 0 Å². The molecule has 1 aliphatic rings. The van der Waals surface area contributed by atoms with Gasteiger partial charge in [-0.2, -0.15) is 4.98 Å². The molecule has 1 aromatic heterocycles. The van der Waals surface area contributed by atoms with E-state index in [4.69, 9.17) is 10.3 Å². The van der Waals surface area contributed by atoms with E-state index in [0.717, 1.165) is 19.4 Å². The lowest BCUT2D eigenvalue weighted by Crippen LogP contribution is -2.51. The minimum Gasteiger partial charge on any atom is -0.339 e. The number of nitrogens with two attached hydrogens (primary N) is 1. The molecular formula is C13H24N4O. The lowest BCUT2D eigenvalue weighted by molar-refractivity contribution is 0.124. The summed E-state index contributed by atoms with van der Waals surface area (Å²) in [5.74, 6) is 1.32. The molecular weight excluding hydrogens is 228 g/mol. The van der Waals surface area contributed by atoms with Crippen molar-refractivity contribution in [1.29, 1.82) is 0 Å². The van der Waals surface area contributed by atoms with Gasteiger partial charge in [-0.1, -0.05) is 25.9 Å². The van der Waals surface area contributed by atoms with E-state index < -0.39 is 5.54 Å². The fourth-order valence-corrected chi connectivity index (χ4v) is 2.31. The maximum absolute atomic E-state index is 6.48. The number of aromatic nitrogens is 2. The van der Waals surface area contributed by atoms with Crippen LogP contribution in [0.2, 0.25) is 0 Å². The first-order chi connectivity index (χ1) is 8.22. The molecule has 0 aromatic carbocycles. The van der Waals surface area contributed by atoms with Crippen molar-refractivity contribution in [3.05, 3.63) is 11.7 Å². The van der Waals surface area contributed by atoms with Crippen LogP contribution < -0.4 is 5.73 Å². The van der Waals surface area contributed by atoms with E-state index in [9.17, 15) is 0 Å². The van der Waals surface area contributed by atoms with Gasteiger partial charge >= 0.3 is 0 Å². The fraction of sp³-hybridized carbons (Fsp3) is 0.846. The van der Waals surface area contributed by atoms with Crippen molar-refractivity contribution in [3.63, 3.8) is 0 Å². The first-order valence-corrected chi connectivity index (χ1v) is 6.56. The smallest absolute Gasteiger partial charge is 0.232 e. The molecule has 102 valence electrons. The average Bonchev–Trinajstić information content (AvgIpc) is 2.73. The summed E-state index contributed by atoms with van der Waals surface area (Å²) in [4.78, 5) is 6.83. The summed E-state index contributed by atoms with van der Waals surface area (Å²) in [5, 5.41) is 4.11. The van der Waals surface area contributed by atoms with Gasteiger partial charge in [0.25, 0.3) is 0 Å². The summed E-state index contributed by atoms with van der Waals surface area (Å²) in [5.41, 5.74) is 5.91. The molecule has 0 radical (unpaired) electrons. The van der Waals surface area contributed by atoms with E-state index >= 15 is 0 Å². The van der Waals surface area contributed by atoms with E-state index in [2.05, 4.69) is 49.8 Å². The summed E-state index contributed by atoms with van der Waals surface area (Å²) in [6.45, 7) is 9.34. The average molecular weight is 252 g/mol. The molecule has 0 aliphatic carbocycles. The van der Waals surface area contributed by atoms with E-state index in [1.807, 2.05) is 0 Å². The molecule has 1 fully saturated rings. The third-order valence-electron chi connectivity index (χ3n) is 3.84. The Balaban J connectivity index is 2.23. The monoisotopic (exact) mass is 252 g/mol. The number of likely N-dealkylation sites (tertiary alicyclic amines) is 1. The minimum absolute atomic E-state index is 0.126. The molecule has 2 rings (SSSR count). The number of hydrogen-bond donors (Lipinski definition) is 1. The van der Waals surface area contributed by atoms with E-state index in [0.29, 0.717) is 17.8 Å². The zero-order valence-electron chi connectivity index (χ0n) is 12.0. The maximum Gasteiger partial charge on any atom is 0.232 e. The number of rotatable bonds is 1. The molecule has 1 saturated heterocycles. The second kappa shape index (κ2) is 4.31. The lowest BCUT2D eigenvalue weighted by Gasteiger charge is -2.40. The largest absolute Gasteiger partial charge is 0.339 e. The molecule has 1 aromatic rings. The van der Waals surface area contributed by atoms with Gasteiger partial charge in [-0.05, 0) is 26.8 Å². The second-order valence-corrected chi connectivity index (χ2v) is 6.61. The summed E-state index contributed by atoms with van der Waals surface area (Å²) < 4.78 is 5.35. The lowest BCUT2D eigenvalue weighted by atomic mass is 9.84. The Morgan fingerprint density at radius 3 is 2.61 bits per heavy atom. The summed E-state index contributed by atoms with van der Waals surface area (Å²) in [6, 6.07) is 0.445. The predicted molar refractivity (Wildman–Crippen MR) is 70.2 cm³/mol. The SMILES string of the molecule is CC1CC(N)(c2noc(C(C)(C)C)n2)CCN1C. The normalized spacial score (nSPS) is 30.7. The Labute approximate surface area is 109 Å². The standard InChI is InChI=1S/C13H24N4O/c1-9-8-13(14,6-7-17(9)5)10-15-11(18-16-10)12(2,3)4/h9H,6-8,14H2,1-5H3. The Morgan fingerprint density at radius 2 is 2.11 bits per heavy atom. The van der Waals surface area contributed by atoms with Crippen LogP contribution in [-0.2, 0) is 11.0 Å². The van der Waals surface area contributed by atoms with Crippen LogP contribution in [0.25, 0.3) is 0 Å². The number of nitrogens with zero attached hydrogens (tertiary/aromatic N) is 3. The van der Waals surface area contributed by atoms with Crippen LogP contribution in [0.4, 0.5) is 0 Å². The van der Waals surface area contributed by atoms with Gasteiger partial charge in [0.2, 0.25) is 5.89 Å². The van der Waals surface area contributed by atoms with Crippen molar-refractivity contribution in [2.24, 2.45) is 5.73 Å². The van der Waals surface area contributed by atoms with Crippen LogP contribution in [-0.4, -0.2) is 34.7 Å². The highest BCUT2D eigenvalue weighted by atomic mass is 16.5. The summed E-state index contributed by atoms with van der Waals surface area (Å²) >= 11 is 0. The van der Waals surface area contributed by atoms with Gasteiger partial charge in [-0.25, -0.2) is 0 Å². The van der Waals surface area contributed by atoms with Crippen molar-refractivity contribution < 1.29 is 4.52 Å². The van der Waals surface area contributed by atoms with Crippen LogP contribution in [0, 0.1) is 0 Å². The zero-order chi connectivity index (χ0) is 13.6. The Bertz CT molecular complexity index is 423. The summed E-state index contributed by atoms with van der Waals surface area (Å²) in [7, 11) is 2.13. The third kappa shape index (κ3) is 2.42. The van der Waals surface area contributed by atoms with Gasteiger partial charge in [-0.3, -0.25) is 0 Å². The van der Waals surface area contributed by atoms with E-state index in [1.165, 1.54) is 0 Å². The van der Waals surface area contributed by atoms with Crippen molar-refractivity contribution in [2.75, 3.05) is 13.6 Å². The van der Waals surface area contributed by atoms with Crippen molar-refractivity contribution >= 4 is 0 Å². The van der Waals surface area contributed by atoms with Crippen LogP contribution in [0.15, 0.2) is 4.52 Å². The molecule has 0 bridgehead atoms. The van der Waals surface area contributed by atoms with Gasteiger partial charge in [-0.15, -0.1) is 0 Å². The van der Waals surface area contributed by atoms with Crippen LogP contribution >= 0.6 is 0 Å². The third-order valence-corrected chi connectivity index (χ3v) is 3.84. The molecule has 0 spiro atoms. The Kier molecular flexibility index (Phi) is 3.23. The van der Waals surface area contributed by atoms with Crippen LogP contribution in [0.3, 0.4) is 0 Å². The fourth-order valence-electron chi connectivity index (χ4n) is 2.31. The Hall–Kier alpha value is -0.940. The Morgan fingerprint density at radius 1 is 1.44 bits per heavy atom. The van der Waals surface area contributed by atoms with Crippen molar-refractivity contribution in [1.82, 2.24) is 15.0 Å². The number of piperidine rings is 1. The quantitative estimate of drug-likeness (QED) is 0.823. The summed E-state index contributed by atoms with van der Waals surface area (Å²) in [6.07, 6.45) is 1.74.